The van der Waals surface area contributed by atoms with Gasteiger partial charge in [0, 0.05) is 7.11 Å². The Morgan fingerprint density at radius 3 is 2.25 bits per heavy atom. The van der Waals surface area contributed by atoms with E-state index in [4.69, 9.17) is 19.3 Å². The van der Waals surface area contributed by atoms with Gasteiger partial charge in [-0.05, 0) is 13.8 Å². The van der Waals surface area contributed by atoms with E-state index in [1.165, 1.54) is 6.92 Å². The SMILES string of the molecule is COCC(C)OCC(O)COC(C)C(=O)O. The lowest BCUT2D eigenvalue weighted by atomic mass is 10.3. The Morgan fingerprint density at radius 1 is 1.19 bits per heavy atom. The fourth-order valence-electron chi connectivity index (χ4n) is 0.933. The first-order chi connectivity index (χ1) is 7.47. The zero-order valence-electron chi connectivity index (χ0n) is 9.88. The van der Waals surface area contributed by atoms with Crippen molar-refractivity contribution in [1.29, 1.82) is 0 Å². The van der Waals surface area contributed by atoms with Gasteiger partial charge in [0.25, 0.3) is 0 Å². The first-order valence-corrected chi connectivity index (χ1v) is 5.10. The summed E-state index contributed by atoms with van der Waals surface area (Å²) in [5.74, 6) is -1.05. The summed E-state index contributed by atoms with van der Waals surface area (Å²) >= 11 is 0. The Kier molecular flexibility index (Phi) is 8.10. The van der Waals surface area contributed by atoms with Crippen molar-refractivity contribution in [1.82, 2.24) is 0 Å². The number of carbonyl (C=O) groups is 1. The van der Waals surface area contributed by atoms with Crippen molar-refractivity contribution in [3.63, 3.8) is 0 Å². The molecule has 0 rings (SSSR count). The van der Waals surface area contributed by atoms with E-state index in [9.17, 15) is 9.90 Å². The minimum atomic E-state index is -1.05. The van der Waals surface area contributed by atoms with Crippen LogP contribution in [0.3, 0.4) is 0 Å². The number of aliphatic hydroxyl groups is 1. The van der Waals surface area contributed by atoms with E-state index >= 15 is 0 Å². The first-order valence-electron chi connectivity index (χ1n) is 5.10. The van der Waals surface area contributed by atoms with Gasteiger partial charge in [0.15, 0.2) is 6.10 Å². The van der Waals surface area contributed by atoms with E-state index in [0.29, 0.717) is 6.61 Å². The van der Waals surface area contributed by atoms with Crippen molar-refractivity contribution in [2.45, 2.75) is 32.2 Å². The van der Waals surface area contributed by atoms with Crippen LogP contribution in [0.4, 0.5) is 0 Å². The van der Waals surface area contributed by atoms with Gasteiger partial charge in [-0.1, -0.05) is 0 Å². The van der Waals surface area contributed by atoms with Crippen molar-refractivity contribution in [2.75, 3.05) is 26.9 Å². The van der Waals surface area contributed by atoms with Crippen LogP contribution in [0, 0.1) is 0 Å². The number of carboxylic acids is 1. The van der Waals surface area contributed by atoms with E-state index in [-0.39, 0.29) is 19.3 Å². The monoisotopic (exact) mass is 236 g/mol. The molecule has 2 N–H and O–H groups in total. The summed E-state index contributed by atoms with van der Waals surface area (Å²) in [6, 6.07) is 0. The number of methoxy groups -OCH3 is 1. The number of carboxylic acid groups (broad SMARTS) is 1. The summed E-state index contributed by atoms with van der Waals surface area (Å²) in [5, 5.41) is 17.9. The highest BCUT2D eigenvalue weighted by Crippen LogP contribution is 1.97. The number of hydrogen-bond donors (Lipinski definition) is 2. The fraction of sp³-hybridized carbons (Fsp3) is 0.900. The summed E-state index contributed by atoms with van der Waals surface area (Å²) in [6.07, 6.45) is -1.87. The molecule has 6 nitrogen and oxygen atoms in total. The molecule has 3 atom stereocenters. The third-order valence-electron chi connectivity index (χ3n) is 1.86. The van der Waals surface area contributed by atoms with Gasteiger partial charge in [-0.3, -0.25) is 0 Å². The Bertz CT molecular complexity index is 196. The van der Waals surface area contributed by atoms with Gasteiger partial charge in [-0.2, -0.15) is 0 Å². The molecule has 0 saturated heterocycles. The van der Waals surface area contributed by atoms with Crippen molar-refractivity contribution in [3.05, 3.63) is 0 Å². The second kappa shape index (κ2) is 8.46. The molecule has 0 spiro atoms. The van der Waals surface area contributed by atoms with Crippen LogP contribution in [0.2, 0.25) is 0 Å². The molecule has 0 aliphatic heterocycles. The topological polar surface area (TPSA) is 85.2 Å². The minimum absolute atomic E-state index is 0.0623. The molecule has 0 aromatic carbocycles. The van der Waals surface area contributed by atoms with Crippen LogP contribution >= 0.6 is 0 Å². The van der Waals surface area contributed by atoms with E-state index in [1.54, 1.807) is 7.11 Å². The summed E-state index contributed by atoms with van der Waals surface area (Å²) < 4.78 is 15.0. The maximum absolute atomic E-state index is 10.4. The van der Waals surface area contributed by atoms with E-state index in [0.717, 1.165) is 0 Å². The molecule has 6 heteroatoms. The number of rotatable bonds is 9. The highest BCUT2D eigenvalue weighted by Gasteiger charge is 2.14. The molecular weight excluding hydrogens is 216 g/mol. The molecule has 0 bridgehead atoms. The molecule has 96 valence electrons. The van der Waals surface area contributed by atoms with Gasteiger partial charge in [-0.15, -0.1) is 0 Å². The average Bonchev–Trinajstić information content (AvgIpc) is 2.23. The highest BCUT2D eigenvalue weighted by molar-refractivity contribution is 5.71. The van der Waals surface area contributed by atoms with Gasteiger partial charge in [-0.25, -0.2) is 4.79 Å². The minimum Gasteiger partial charge on any atom is -0.479 e. The fourth-order valence-corrected chi connectivity index (χ4v) is 0.933. The predicted molar refractivity (Wildman–Crippen MR) is 56.3 cm³/mol. The van der Waals surface area contributed by atoms with Crippen LogP contribution in [0.15, 0.2) is 0 Å². The molecule has 3 unspecified atom stereocenters. The maximum Gasteiger partial charge on any atom is 0.332 e. The molecule has 0 aliphatic carbocycles. The van der Waals surface area contributed by atoms with Crippen LogP contribution < -0.4 is 0 Å². The third-order valence-corrected chi connectivity index (χ3v) is 1.86. The van der Waals surface area contributed by atoms with E-state index in [2.05, 4.69) is 0 Å². The summed E-state index contributed by atoms with van der Waals surface area (Å²) in [5.41, 5.74) is 0. The Hall–Kier alpha value is -0.690. The van der Waals surface area contributed by atoms with Crippen molar-refractivity contribution >= 4 is 5.97 Å². The normalized spacial score (nSPS) is 16.8. The van der Waals surface area contributed by atoms with Crippen LogP contribution in [-0.4, -0.2) is 61.4 Å². The van der Waals surface area contributed by atoms with E-state index in [1.807, 2.05) is 6.92 Å². The van der Waals surface area contributed by atoms with Crippen LogP contribution in [0.25, 0.3) is 0 Å². The summed E-state index contributed by atoms with van der Waals surface area (Å²) in [6.45, 7) is 3.70. The number of hydrogen-bond acceptors (Lipinski definition) is 5. The molecule has 0 aromatic heterocycles. The van der Waals surface area contributed by atoms with Gasteiger partial charge < -0.3 is 24.4 Å². The van der Waals surface area contributed by atoms with Crippen molar-refractivity contribution < 1.29 is 29.2 Å². The van der Waals surface area contributed by atoms with Crippen LogP contribution in [0.1, 0.15) is 13.8 Å². The van der Waals surface area contributed by atoms with Gasteiger partial charge in [0.2, 0.25) is 0 Å². The zero-order chi connectivity index (χ0) is 12.6. The number of ether oxygens (including phenoxy) is 3. The maximum atomic E-state index is 10.4. The Balaban J connectivity index is 3.58. The quantitative estimate of drug-likeness (QED) is 0.581. The second-order valence-electron chi connectivity index (χ2n) is 3.57. The van der Waals surface area contributed by atoms with Crippen molar-refractivity contribution in [3.8, 4) is 0 Å². The molecule has 0 aliphatic rings. The van der Waals surface area contributed by atoms with E-state index < -0.39 is 18.2 Å². The molecule has 0 amide bonds. The van der Waals surface area contributed by atoms with Gasteiger partial charge in [0.1, 0.15) is 6.10 Å². The standard InChI is InChI=1S/C10H20O6/c1-7(4-14-3)15-5-9(11)6-16-8(2)10(12)13/h7-9,11H,4-6H2,1-3H3,(H,12,13). The summed E-state index contributed by atoms with van der Waals surface area (Å²) in [4.78, 5) is 10.4. The number of aliphatic hydroxyl groups excluding tert-OH is 1. The first kappa shape index (κ1) is 15.3. The molecular formula is C10H20O6. The molecule has 0 heterocycles. The third kappa shape index (κ3) is 7.58. The lowest BCUT2D eigenvalue weighted by molar-refractivity contribution is -0.152. The molecule has 16 heavy (non-hydrogen) atoms. The predicted octanol–water partition coefficient (Wildman–Crippen LogP) is -0.111. The van der Waals surface area contributed by atoms with Gasteiger partial charge >= 0.3 is 5.97 Å². The lowest BCUT2D eigenvalue weighted by Crippen LogP contribution is -2.30. The van der Waals surface area contributed by atoms with Crippen LogP contribution in [-0.2, 0) is 19.0 Å². The highest BCUT2D eigenvalue weighted by atomic mass is 16.5. The van der Waals surface area contributed by atoms with Crippen molar-refractivity contribution in [2.24, 2.45) is 0 Å². The van der Waals surface area contributed by atoms with Gasteiger partial charge in [0.05, 0.1) is 25.9 Å². The molecule has 0 radical (unpaired) electrons. The zero-order valence-corrected chi connectivity index (χ0v) is 9.88. The number of aliphatic carboxylic acids is 1. The lowest BCUT2D eigenvalue weighted by Gasteiger charge is -2.17. The molecule has 0 saturated carbocycles. The van der Waals surface area contributed by atoms with Crippen LogP contribution in [0.5, 0.6) is 0 Å². The second-order valence-corrected chi connectivity index (χ2v) is 3.57. The smallest absolute Gasteiger partial charge is 0.332 e. The molecule has 0 fully saturated rings. The summed E-state index contributed by atoms with van der Waals surface area (Å²) in [7, 11) is 1.56. The largest absolute Gasteiger partial charge is 0.479 e. The average molecular weight is 236 g/mol. The molecule has 0 aromatic rings. The Labute approximate surface area is 95.1 Å². The Morgan fingerprint density at radius 2 is 1.75 bits per heavy atom.